The molecule has 0 aromatic heterocycles. The predicted octanol–water partition coefficient (Wildman–Crippen LogP) is 4.23. The Morgan fingerprint density at radius 2 is 1.70 bits per heavy atom. The van der Waals surface area contributed by atoms with Gasteiger partial charge in [0.1, 0.15) is 0 Å². The lowest BCUT2D eigenvalue weighted by Gasteiger charge is -2.23. The average Bonchev–Trinajstić information content (AvgIpc) is 3.13. The van der Waals surface area contributed by atoms with Gasteiger partial charge in [-0.2, -0.15) is 0 Å². The Morgan fingerprint density at radius 3 is 2.52 bits per heavy atom. The second-order valence-corrected chi connectivity index (χ2v) is 8.13. The number of benzene rings is 2. The Labute approximate surface area is 163 Å². The van der Waals surface area contributed by atoms with Crippen molar-refractivity contribution in [3.05, 3.63) is 54.1 Å². The van der Waals surface area contributed by atoms with Crippen LogP contribution in [0.2, 0.25) is 0 Å². The molecule has 1 aliphatic carbocycles. The number of nitrogens with one attached hydrogen (secondary N) is 3. The van der Waals surface area contributed by atoms with Crippen LogP contribution >= 0.6 is 11.8 Å². The van der Waals surface area contributed by atoms with E-state index in [-0.39, 0.29) is 17.9 Å². The van der Waals surface area contributed by atoms with E-state index < -0.39 is 5.37 Å². The largest absolute Gasteiger partial charge is 0.364 e. The first-order valence-corrected chi connectivity index (χ1v) is 10.3. The van der Waals surface area contributed by atoms with E-state index in [4.69, 9.17) is 0 Å². The second-order valence-electron chi connectivity index (χ2n) is 6.98. The molecular formula is C21H23N3O2S. The Hall–Kier alpha value is -2.47. The van der Waals surface area contributed by atoms with E-state index >= 15 is 0 Å². The van der Waals surface area contributed by atoms with Gasteiger partial charge in [0.2, 0.25) is 0 Å². The number of anilines is 2. The third-order valence-electron chi connectivity index (χ3n) is 5.03. The minimum absolute atomic E-state index is 0.117. The monoisotopic (exact) mass is 381 g/mol. The van der Waals surface area contributed by atoms with Crippen molar-refractivity contribution < 1.29 is 9.59 Å². The summed E-state index contributed by atoms with van der Waals surface area (Å²) in [4.78, 5) is 26.5. The molecule has 3 N–H and O–H groups in total. The van der Waals surface area contributed by atoms with Crippen molar-refractivity contribution in [1.82, 2.24) is 5.32 Å². The first kappa shape index (κ1) is 17.9. The molecule has 2 aromatic rings. The number of rotatable bonds is 4. The summed E-state index contributed by atoms with van der Waals surface area (Å²) >= 11 is 1.48. The molecule has 0 radical (unpaired) electrons. The minimum Gasteiger partial charge on any atom is -0.364 e. The van der Waals surface area contributed by atoms with Gasteiger partial charge in [-0.3, -0.25) is 9.59 Å². The molecule has 2 amide bonds. The van der Waals surface area contributed by atoms with Crippen molar-refractivity contribution in [3.8, 4) is 0 Å². The Balaban J connectivity index is 1.43. The minimum atomic E-state index is -0.406. The van der Waals surface area contributed by atoms with Crippen LogP contribution in [0.5, 0.6) is 0 Å². The quantitative estimate of drug-likeness (QED) is 0.741. The van der Waals surface area contributed by atoms with Crippen LogP contribution < -0.4 is 16.0 Å². The van der Waals surface area contributed by atoms with Crippen molar-refractivity contribution in [1.29, 1.82) is 0 Å². The van der Waals surface area contributed by atoms with Crippen LogP contribution in [0.1, 0.15) is 42.5 Å². The highest BCUT2D eigenvalue weighted by atomic mass is 32.2. The molecule has 1 saturated carbocycles. The number of carbonyl (C=O) groups excluding carboxylic acids is 2. The van der Waals surface area contributed by atoms with Crippen molar-refractivity contribution >= 4 is 35.0 Å². The Kier molecular flexibility index (Phi) is 5.34. The topological polar surface area (TPSA) is 70.2 Å². The van der Waals surface area contributed by atoms with Crippen LogP contribution in [0.4, 0.5) is 11.4 Å². The van der Waals surface area contributed by atoms with Gasteiger partial charge < -0.3 is 16.0 Å². The molecule has 5 nitrogen and oxygen atoms in total. The summed E-state index contributed by atoms with van der Waals surface area (Å²) in [5, 5.41) is 8.86. The zero-order valence-electron chi connectivity index (χ0n) is 15.0. The zero-order valence-corrected chi connectivity index (χ0v) is 15.9. The SMILES string of the molecule is O=C(NC1CCCCC1)c1ccccc1NC(=O)C1Nc2ccccc2S1. The summed E-state index contributed by atoms with van der Waals surface area (Å²) in [6.07, 6.45) is 5.62. The summed E-state index contributed by atoms with van der Waals surface area (Å²) < 4.78 is 0. The van der Waals surface area contributed by atoms with Gasteiger partial charge >= 0.3 is 0 Å². The van der Waals surface area contributed by atoms with Crippen LogP contribution in [0.25, 0.3) is 0 Å². The molecule has 1 unspecified atom stereocenters. The smallest absolute Gasteiger partial charge is 0.257 e. The number of hydrogen-bond acceptors (Lipinski definition) is 4. The molecule has 0 spiro atoms. The maximum atomic E-state index is 12.7. The summed E-state index contributed by atoms with van der Waals surface area (Å²) in [7, 11) is 0. The summed E-state index contributed by atoms with van der Waals surface area (Å²) in [6, 6.07) is 15.3. The number of fused-ring (bicyclic) bond motifs is 1. The normalized spacial score (nSPS) is 19.0. The first-order valence-electron chi connectivity index (χ1n) is 9.44. The summed E-state index contributed by atoms with van der Waals surface area (Å²) in [5.41, 5.74) is 2.03. The van der Waals surface area contributed by atoms with Crippen LogP contribution in [0.3, 0.4) is 0 Å². The number of hydrogen-bond donors (Lipinski definition) is 3. The second kappa shape index (κ2) is 8.05. The fourth-order valence-electron chi connectivity index (χ4n) is 3.60. The van der Waals surface area contributed by atoms with Gasteiger partial charge in [-0.1, -0.05) is 55.3 Å². The third kappa shape index (κ3) is 4.11. The first-order chi connectivity index (χ1) is 13.2. The van der Waals surface area contributed by atoms with E-state index in [1.807, 2.05) is 36.4 Å². The number of thioether (sulfide) groups is 1. The molecule has 1 fully saturated rings. The molecule has 1 heterocycles. The van der Waals surface area contributed by atoms with Crippen molar-refractivity contribution in [2.75, 3.05) is 10.6 Å². The van der Waals surface area contributed by atoms with E-state index in [1.165, 1.54) is 18.2 Å². The molecule has 1 aliphatic heterocycles. The molecule has 140 valence electrons. The molecule has 2 aliphatic rings. The highest BCUT2D eigenvalue weighted by molar-refractivity contribution is 8.01. The number of carbonyl (C=O) groups is 2. The lowest BCUT2D eigenvalue weighted by atomic mass is 9.95. The van der Waals surface area contributed by atoms with E-state index in [0.29, 0.717) is 11.3 Å². The van der Waals surface area contributed by atoms with Gasteiger partial charge in [0.15, 0.2) is 5.37 Å². The Bertz CT molecular complexity index is 824. The maximum Gasteiger partial charge on any atom is 0.257 e. The van der Waals surface area contributed by atoms with Crippen LogP contribution in [0.15, 0.2) is 53.4 Å². The lowest BCUT2D eigenvalue weighted by Crippen LogP contribution is -2.37. The molecule has 4 rings (SSSR count). The lowest BCUT2D eigenvalue weighted by molar-refractivity contribution is -0.115. The average molecular weight is 382 g/mol. The maximum absolute atomic E-state index is 12.7. The third-order valence-corrected chi connectivity index (χ3v) is 6.20. The summed E-state index contributed by atoms with van der Waals surface area (Å²) in [6.45, 7) is 0. The van der Waals surface area contributed by atoms with Crippen molar-refractivity contribution in [2.45, 2.75) is 48.4 Å². The molecule has 27 heavy (non-hydrogen) atoms. The predicted molar refractivity (Wildman–Crippen MR) is 109 cm³/mol. The van der Waals surface area contributed by atoms with Gasteiger partial charge in [0, 0.05) is 16.6 Å². The fraction of sp³-hybridized carbons (Fsp3) is 0.333. The van der Waals surface area contributed by atoms with E-state index in [2.05, 4.69) is 16.0 Å². The highest BCUT2D eigenvalue weighted by Gasteiger charge is 2.28. The molecule has 0 bridgehead atoms. The molecule has 0 saturated heterocycles. The summed E-state index contributed by atoms with van der Waals surface area (Å²) in [5.74, 6) is -0.276. The van der Waals surface area contributed by atoms with Crippen LogP contribution in [0, 0.1) is 0 Å². The molecular weight excluding hydrogens is 358 g/mol. The molecule has 6 heteroatoms. The highest BCUT2D eigenvalue weighted by Crippen LogP contribution is 2.38. The van der Waals surface area contributed by atoms with Gasteiger partial charge in [-0.15, -0.1) is 0 Å². The van der Waals surface area contributed by atoms with Crippen LogP contribution in [-0.2, 0) is 4.79 Å². The zero-order chi connectivity index (χ0) is 18.6. The van der Waals surface area contributed by atoms with Gasteiger partial charge in [0.25, 0.3) is 11.8 Å². The van der Waals surface area contributed by atoms with E-state index in [9.17, 15) is 9.59 Å². The van der Waals surface area contributed by atoms with Crippen molar-refractivity contribution in [2.24, 2.45) is 0 Å². The number of amides is 2. The fourth-order valence-corrected chi connectivity index (χ4v) is 4.62. The van der Waals surface area contributed by atoms with E-state index in [1.54, 1.807) is 12.1 Å². The van der Waals surface area contributed by atoms with Crippen molar-refractivity contribution in [3.63, 3.8) is 0 Å². The van der Waals surface area contributed by atoms with Gasteiger partial charge in [-0.05, 0) is 37.1 Å². The van der Waals surface area contributed by atoms with Crippen LogP contribution in [-0.4, -0.2) is 23.2 Å². The van der Waals surface area contributed by atoms with Gasteiger partial charge in [-0.25, -0.2) is 0 Å². The molecule has 2 aromatic carbocycles. The molecule has 1 atom stereocenters. The Morgan fingerprint density at radius 1 is 0.963 bits per heavy atom. The number of para-hydroxylation sites is 2. The standard InChI is InChI=1S/C21H23N3O2S/c25-19(22-14-8-2-1-3-9-14)15-10-4-5-11-16(15)23-20(26)21-24-17-12-6-7-13-18(17)27-21/h4-7,10-14,21,24H,1-3,8-9H2,(H,22,25)(H,23,26). The van der Waals surface area contributed by atoms with Gasteiger partial charge in [0.05, 0.1) is 11.3 Å². The van der Waals surface area contributed by atoms with E-state index in [0.717, 1.165) is 36.3 Å².